The van der Waals surface area contributed by atoms with Gasteiger partial charge in [0.1, 0.15) is 5.00 Å². The first-order chi connectivity index (χ1) is 12.0. The summed E-state index contributed by atoms with van der Waals surface area (Å²) < 4.78 is 10.00. The van der Waals surface area contributed by atoms with Crippen LogP contribution in [0, 0.1) is 18.8 Å². The lowest BCUT2D eigenvalue weighted by Crippen LogP contribution is -2.40. The van der Waals surface area contributed by atoms with Crippen molar-refractivity contribution in [1.29, 1.82) is 0 Å². The van der Waals surface area contributed by atoms with E-state index in [9.17, 15) is 14.4 Å². The largest absolute Gasteiger partial charge is 0.466 e. The molecule has 0 radical (unpaired) electrons. The molecule has 2 rings (SSSR count). The average Bonchev–Trinajstić information content (AvgIpc) is 2.86. The molecular weight excluding hydrogens is 344 g/mol. The Kier molecular flexibility index (Phi) is 6.81. The number of rotatable bonds is 7. The molecule has 8 heteroatoms. The maximum absolute atomic E-state index is 12.1. The van der Waals surface area contributed by atoms with Crippen LogP contribution in [-0.2, 0) is 14.3 Å². The van der Waals surface area contributed by atoms with Crippen molar-refractivity contribution in [1.82, 2.24) is 5.32 Å². The SMILES string of the molecule is CCOC(=O)c1c(C)csc1NC(=O)NCC1CC(C(=O)OCC)C1. The van der Waals surface area contributed by atoms with E-state index < -0.39 is 5.97 Å². The third-order valence-corrected chi connectivity index (χ3v) is 5.10. The molecule has 0 atom stereocenters. The molecule has 0 bridgehead atoms. The van der Waals surface area contributed by atoms with Gasteiger partial charge in [0.15, 0.2) is 0 Å². The molecule has 0 spiro atoms. The van der Waals surface area contributed by atoms with E-state index in [4.69, 9.17) is 9.47 Å². The number of esters is 2. The average molecular weight is 368 g/mol. The van der Waals surface area contributed by atoms with Gasteiger partial charge < -0.3 is 14.8 Å². The van der Waals surface area contributed by atoms with Crippen molar-refractivity contribution in [2.75, 3.05) is 25.1 Å². The number of nitrogens with one attached hydrogen (secondary N) is 2. The Hall–Kier alpha value is -2.09. The van der Waals surface area contributed by atoms with Gasteiger partial charge in [0, 0.05) is 6.54 Å². The van der Waals surface area contributed by atoms with Crippen molar-refractivity contribution >= 4 is 34.3 Å². The molecule has 2 N–H and O–H groups in total. The monoisotopic (exact) mass is 368 g/mol. The minimum atomic E-state index is -0.437. The van der Waals surface area contributed by atoms with Gasteiger partial charge in [0.2, 0.25) is 0 Å². The van der Waals surface area contributed by atoms with Crippen molar-refractivity contribution < 1.29 is 23.9 Å². The molecule has 7 nitrogen and oxygen atoms in total. The second kappa shape index (κ2) is 8.84. The number of amides is 2. The highest BCUT2D eigenvalue weighted by atomic mass is 32.1. The van der Waals surface area contributed by atoms with E-state index in [2.05, 4.69) is 10.6 Å². The number of hydrogen-bond donors (Lipinski definition) is 2. The first-order valence-corrected chi connectivity index (χ1v) is 9.30. The Bertz CT molecular complexity index is 637. The molecule has 0 unspecified atom stereocenters. The van der Waals surface area contributed by atoms with Crippen LogP contribution in [0.1, 0.15) is 42.6 Å². The molecule has 1 heterocycles. The Balaban J connectivity index is 1.79. The smallest absolute Gasteiger partial charge is 0.341 e. The van der Waals surface area contributed by atoms with E-state index in [0.29, 0.717) is 23.7 Å². The predicted molar refractivity (Wildman–Crippen MR) is 94.9 cm³/mol. The number of ether oxygens (including phenoxy) is 2. The van der Waals surface area contributed by atoms with E-state index in [1.165, 1.54) is 11.3 Å². The maximum Gasteiger partial charge on any atom is 0.341 e. The number of carbonyl (C=O) groups is 3. The molecule has 0 saturated heterocycles. The van der Waals surface area contributed by atoms with Gasteiger partial charge in [-0.3, -0.25) is 10.1 Å². The van der Waals surface area contributed by atoms with E-state index >= 15 is 0 Å². The normalized spacial score (nSPS) is 18.8. The summed E-state index contributed by atoms with van der Waals surface area (Å²) in [6.45, 7) is 6.49. The zero-order chi connectivity index (χ0) is 18.4. The van der Waals surface area contributed by atoms with Crippen LogP contribution in [0.25, 0.3) is 0 Å². The summed E-state index contributed by atoms with van der Waals surface area (Å²) >= 11 is 1.29. The fraction of sp³-hybridized carbons (Fsp3) is 0.588. The molecule has 138 valence electrons. The van der Waals surface area contributed by atoms with Gasteiger partial charge in [-0.05, 0) is 50.5 Å². The zero-order valence-electron chi connectivity index (χ0n) is 14.7. The molecule has 1 saturated carbocycles. The molecule has 1 aliphatic carbocycles. The summed E-state index contributed by atoms with van der Waals surface area (Å²) in [5.41, 5.74) is 1.17. The summed E-state index contributed by atoms with van der Waals surface area (Å²) in [6, 6.07) is -0.369. The Morgan fingerprint density at radius 3 is 2.52 bits per heavy atom. The van der Waals surface area contributed by atoms with Crippen LogP contribution in [0.3, 0.4) is 0 Å². The van der Waals surface area contributed by atoms with Crippen LogP contribution in [0.2, 0.25) is 0 Å². The number of thiophene rings is 1. The fourth-order valence-electron chi connectivity index (χ4n) is 2.73. The van der Waals surface area contributed by atoms with Gasteiger partial charge in [-0.2, -0.15) is 0 Å². The van der Waals surface area contributed by atoms with Crippen LogP contribution >= 0.6 is 11.3 Å². The molecule has 0 aliphatic heterocycles. The summed E-state index contributed by atoms with van der Waals surface area (Å²) in [7, 11) is 0. The minimum Gasteiger partial charge on any atom is -0.466 e. The van der Waals surface area contributed by atoms with Crippen molar-refractivity contribution in [3.63, 3.8) is 0 Å². The summed E-state index contributed by atoms with van der Waals surface area (Å²) in [6.07, 6.45) is 1.45. The van der Waals surface area contributed by atoms with Crippen molar-refractivity contribution in [3.05, 3.63) is 16.5 Å². The second-order valence-corrected chi connectivity index (χ2v) is 6.84. The third kappa shape index (κ3) is 4.94. The van der Waals surface area contributed by atoms with Crippen LogP contribution in [0.4, 0.5) is 9.80 Å². The lowest BCUT2D eigenvalue weighted by molar-refractivity contribution is -0.152. The minimum absolute atomic E-state index is 0.0508. The van der Waals surface area contributed by atoms with Crippen LogP contribution in [0.5, 0.6) is 0 Å². The van der Waals surface area contributed by atoms with Crippen LogP contribution in [0.15, 0.2) is 5.38 Å². The first-order valence-electron chi connectivity index (χ1n) is 8.42. The Labute approximate surface area is 151 Å². The fourth-order valence-corrected chi connectivity index (χ4v) is 3.66. The third-order valence-electron chi connectivity index (χ3n) is 4.09. The molecule has 1 aliphatic rings. The molecule has 1 fully saturated rings. The molecule has 1 aromatic rings. The predicted octanol–water partition coefficient (Wildman–Crippen LogP) is 2.94. The number of anilines is 1. The summed E-state index contributed by atoms with van der Waals surface area (Å²) in [5, 5.41) is 7.77. The van der Waals surface area contributed by atoms with Crippen molar-refractivity contribution in [2.24, 2.45) is 11.8 Å². The zero-order valence-corrected chi connectivity index (χ0v) is 15.5. The Morgan fingerprint density at radius 1 is 1.20 bits per heavy atom. The van der Waals surface area contributed by atoms with Gasteiger partial charge >= 0.3 is 18.0 Å². The Morgan fingerprint density at radius 2 is 1.88 bits per heavy atom. The highest BCUT2D eigenvalue weighted by Crippen LogP contribution is 2.34. The van der Waals surface area contributed by atoms with Gasteiger partial charge in [-0.25, -0.2) is 9.59 Å². The quantitative estimate of drug-likeness (QED) is 0.722. The number of carbonyl (C=O) groups excluding carboxylic acids is 3. The lowest BCUT2D eigenvalue weighted by Gasteiger charge is -2.33. The maximum atomic E-state index is 12.1. The van der Waals surface area contributed by atoms with Crippen LogP contribution in [-0.4, -0.2) is 37.7 Å². The van der Waals surface area contributed by atoms with Gasteiger partial charge in [-0.15, -0.1) is 11.3 Å². The standard InChI is InChI=1S/C17H24N2O5S/c1-4-23-15(20)12-6-11(7-12)8-18-17(22)19-14-13(10(3)9-25-14)16(21)24-5-2/h9,11-12H,4-8H2,1-3H3,(H2,18,19,22). The highest BCUT2D eigenvalue weighted by Gasteiger charge is 2.35. The van der Waals surface area contributed by atoms with Crippen molar-refractivity contribution in [2.45, 2.75) is 33.6 Å². The summed E-state index contributed by atoms with van der Waals surface area (Å²) in [4.78, 5) is 35.6. The molecular formula is C17H24N2O5S. The van der Waals surface area contributed by atoms with Gasteiger partial charge in [-0.1, -0.05) is 0 Å². The molecule has 2 amide bonds. The highest BCUT2D eigenvalue weighted by molar-refractivity contribution is 7.15. The number of urea groups is 1. The molecule has 1 aromatic heterocycles. The second-order valence-electron chi connectivity index (χ2n) is 5.96. The van der Waals surface area contributed by atoms with E-state index in [-0.39, 0.29) is 30.4 Å². The molecule has 25 heavy (non-hydrogen) atoms. The summed E-state index contributed by atoms with van der Waals surface area (Å²) in [5.74, 6) is -0.371. The van der Waals surface area contributed by atoms with Crippen LogP contribution < -0.4 is 10.6 Å². The van der Waals surface area contributed by atoms with Gasteiger partial charge in [0.05, 0.1) is 24.7 Å². The number of aryl methyl sites for hydroxylation is 1. The van der Waals surface area contributed by atoms with E-state index in [0.717, 1.165) is 18.4 Å². The van der Waals surface area contributed by atoms with Gasteiger partial charge in [0.25, 0.3) is 0 Å². The van der Waals surface area contributed by atoms with E-state index in [1.807, 2.05) is 0 Å². The topological polar surface area (TPSA) is 93.7 Å². The number of hydrogen-bond acceptors (Lipinski definition) is 6. The first kappa shape index (κ1) is 19.2. The van der Waals surface area contributed by atoms with Crippen molar-refractivity contribution in [3.8, 4) is 0 Å². The lowest BCUT2D eigenvalue weighted by atomic mass is 9.75. The molecule has 0 aromatic carbocycles. The van der Waals surface area contributed by atoms with E-state index in [1.54, 1.807) is 26.2 Å².